The molecule has 0 bridgehead atoms. The van der Waals surface area contributed by atoms with Gasteiger partial charge in [-0.2, -0.15) is 5.01 Å². The van der Waals surface area contributed by atoms with Crippen LogP contribution in [0.4, 0.5) is 20.2 Å². The molecule has 152 valence electrons. The molecule has 2 N–H and O–H groups in total. The predicted octanol–water partition coefficient (Wildman–Crippen LogP) is 3.09. The van der Waals surface area contributed by atoms with Gasteiger partial charge < -0.3 is 9.67 Å². The molecule has 1 amide bonds. The van der Waals surface area contributed by atoms with E-state index < -0.39 is 23.2 Å². The van der Waals surface area contributed by atoms with Crippen molar-refractivity contribution in [2.75, 3.05) is 18.2 Å². The zero-order valence-electron chi connectivity index (χ0n) is 14.9. The summed E-state index contributed by atoms with van der Waals surface area (Å²) in [6.45, 7) is -0.580. The third-order valence-electron chi connectivity index (χ3n) is 3.97. The molecule has 0 radical (unpaired) electrons. The largest absolute Gasteiger partial charge is 0.394 e. The molecule has 29 heavy (non-hydrogen) atoms. The number of carbonyl (C=O) groups excluding carboxylic acids is 1. The zero-order valence-corrected chi connectivity index (χ0v) is 16.5. The Morgan fingerprint density at radius 1 is 1.41 bits per heavy atom. The third-order valence-corrected chi connectivity index (χ3v) is 4.46. The second-order valence-electron chi connectivity index (χ2n) is 5.80. The minimum absolute atomic E-state index is 0.138. The highest BCUT2D eigenvalue weighted by Crippen LogP contribution is 2.37. The molecule has 1 aromatic heterocycles. The lowest BCUT2D eigenvalue weighted by molar-refractivity contribution is 0.0168. The lowest BCUT2D eigenvalue weighted by Gasteiger charge is -2.20. The summed E-state index contributed by atoms with van der Waals surface area (Å²) < 4.78 is 31.6. The van der Waals surface area contributed by atoms with Crippen molar-refractivity contribution in [2.24, 2.45) is 12.3 Å². The van der Waals surface area contributed by atoms with Crippen LogP contribution in [-0.2, 0) is 11.9 Å². The highest BCUT2D eigenvalue weighted by Gasteiger charge is 2.28. The Labute approximate surface area is 170 Å². The van der Waals surface area contributed by atoms with Crippen molar-refractivity contribution in [1.29, 1.82) is 0 Å². The number of aryl methyl sites for hydroxylation is 1. The summed E-state index contributed by atoms with van der Waals surface area (Å²) in [6.07, 6.45) is 1.32. The molecule has 1 heterocycles. The van der Waals surface area contributed by atoms with Crippen molar-refractivity contribution in [3.63, 3.8) is 0 Å². The molecule has 0 saturated heterocycles. The zero-order chi connectivity index (χ0) is 21.1. The van der Waals surface area contributed by atoms with E-state index in [2.05, 4.69) is 26.2 Å². The average Bonchev–Trinajstić information content (AvgIpc) is 3.06. The average molecular weight is 470 g/mol. The van der Waals surface area contributed by atoms with Crippen molar-refractivity contribution in [2.45, 2.75) is 0 Å². The number of aliphatic hydroxyl groups excluding tert-OH is 1. The number of hydrogen-bond donors (Lipinski definition) is 2. The number of carbonyl (C=O) groups is 1. The minimum atomic E-state index is -1.04. The van der Waals surface area contributed by atoms with E-state index in [0.717, 1.165) is 6.07 Å². The summed E-state index contributed by atoms with van der Waals surface area (Å²) in [5.74, 6) is -2.85. The van der Waals surface area contributed by atoms with Gasteiger partial charge in [-0.1, -0.05) is 15.9 Å². The van der Waals surface area contributed by atoms with Gasteiger partial charge in [0.25, 0.3) is 5.91 Å². The summed E-state index contributed by atoms with van der Waals surface area (Å²) in [6, 6.07) is 4.97. The number of anilines is 2. The van der Waals surface area contributed by atoms with Crippen LogP contribution in [0.15, 0.2) is 40.4 Å². The first-order chi connectivity index (χ1) is 13.9. The van der Waals surface area contributed by atoms with E-state index in [1.54, 1.807) is 7.05 Å². The minimum Gasteiger partial charge on any atom is -0.394 e. The van der Waals surface area contributed by atoms with Crippen LogP contribution in [0.5, 0.6) is 0 Å². The van der Waals surface area contributed by atoms with Crippen LogP contribution in [0, 0.1) is 16.5 Å². The monoisotopic (exact) mass is 469 g/mol. The molecule has 0 atom stereocenters. The number of aliphatic hydroxyl groups is 1. The molecule has 3 aromatic rings. The van der Waals surface area contributed by atoms with Crippen LogP contribution in [0.25, 0.3) is 11.0 Å². The third kappa shape index (κ3) is 3.95. The van der Waals surface area contributed by atoms with E-state index in [0.29, 0.717) is 9.48 Å². The molecule has 0 aliphatic carbocycles. The Morgan fingerprint density at radius 3 is 2.83 bits per heavy atom. The normalized spacial score (nSPS) is 10.9. The fourth-order valence-corrected chi connectivity index (χ4v) is 3.00. The number of imidazole rings is 1. The Bertz CT molecular complexity index is 1090. The lowest BCUT2D eigenvalue weighted by Crippen LogP contribution is -2.27. The van der Waals surface area contributed by atoms with Crippen molar-refractivity contribution in [1.82, 2.24) is 15.0 Å². The highest BCUT2D eigenvalue weighted by atomic mass is 79.9. The molecule has 0 saturated carbocycles. The van der Waals surface area contributed by atoms with Crippen LogP contribution in [-0.4, -0.2) is 33.8 Å². The maximum atomic E-state index is 15.3. The molecule has 0 fully saturated rings. The molecule has 0 aliphatic rings. The van der Waals surface area contributed by atoms with Crippen molar-refractivity contribution < 1.29 is 23.5 Å². The fraction of sp³-hybridized carbons (Fsp3) is 0.176. The van der Waals surface area contributed by atoms with Gasteiger partial charge >= 0.3 is 0 Å². The smallest absolute Gasteiger partial charge is 0.277 e. The first-order valence-corrected chi connectivity index (χ1v) is 8.93. The Hall–Kier alpha value is -2.96. The van der Waals surface area contributed by atoms with Crippen LogP contribution in [0.1, 0.15) is 10.4 Å². The summed E-state index contributed by atoms with van der Waals surface area (Å²) in [4.78, 5) is 32.9. The van der Waals surface area contributed by atoms with E-state index in [1.807, 2.05) is 5.48 Å². The Kier molecular flexibility index (Phi) is 6.15. The fourth-order valence-electron chi connectivity index (χ4n) is 2.67. The van der Waals surface area contributed by atoms with Crippen molar-refractivity contribution in [3.05, 3.63) is 57.2 Å². The second-order valence-corrected chi connectivity index (χ2v) is 6.72. The topological polar surface area (TPSA) is 109 Å². The van der Waals surface area contributed by atoms with Crippen molar-refractivity contribution >= 4 is 44.2 Å². The summed E-state index contributed by atoms with van der Waals surface area (Å²) >= 11 is 3.09. The standard InChI is InChI=1S/C17H14BrF2N5O4/c1-24-8-21-15-13(24)7-10(17(27)22-29-5-4-26)16(14(15)20)25(23-28)12-3-2-9(18)6-11(12)19/h2-3,6-8,26H,4-5H2,1H3,(H,22,27). The number of hydroxylamine groups is 1. The molecule has 9 nitrogen and oxygen atoms in total. The number of halogens is 3. The lowest BCUT2D eigenvalue weighted by atomic mass is 10.1. The van der Waals surface area contributed by atoms with E-state index in [-0.39, 0.29) is 35.5 Å². The molecule has 12 heteroatoms. The Balaban J connectivity index is 2.22. The first-order valence-electron chi connectivity index (χ1n) is 8.14. The molecule has 3 rings (SSSR count). The van der Waals surface area contributed by atoms with E-state index >= 15 is 4.39 Å². The number of benzene rings is 2. The first kappa shape index (κ1) is 20.8. The summed E-state index contributed by atoms with van der Waals surface area (Å²) in [7, 11) is 1.59. The number of fused-ring (bicyclic) bond motifs is 1. The molecule has 0 unspecified atom stereocenters. The van der Waals surface area contributed by atoms with Crippen LogP contribution in [0.3, 0.4) is 0 Å². The summed E-state index contributed by atoms with van der Waals surface area (Å²) in [5, 5.41) is 11.9. The van der Waals surface area contributed by atoms with Crippen LogP contribution in [0.2, 0.25) is 0 Å². The number of rotatable bonds is 7. The van der Waals surface area contributed by atoms with Gasteiger partial charge in [-0.3, -0.25) is 9.63 Å². The molecule has 2 aromatic carbocycles. The number of amides is 1. The SMILES string of the molecule is Cn1cnc2c(F)c(N(N=O)c3ccc(Br)cc3F)c(C(=O)NOCCO)cc21. The van der Waals surface area contributed by atoms with Gasteiger partial charge in [0.1, 0.15) is 22.7 Å². The molecular formula is C17H14BrF2N5O4. The maximum absolute atomic E-state index is 15.3. The molecular weight excluding hydrogens is 456 g/mol. The highest BCUT2D eigenvalue weighted by molar-refractivity contribution is 9.10. The van der Waals surface area contributed by atoms with E-state index in [9.17, 15) is 14.1 Å². The van der Waals surface area contributed by atoms with Gasteiger partial charge in [0, 0.05) is 11.5 Å². The van der Waals surface area contributed by atoms with Crippen LogP contribution < -0.4 is 10.5 Å². The van der Waals surface area contributed by atoms with Crippen molar-refractivity contribution in [3.8, 4) is 0 Å². The number of nitrogens with one attached hydrogen (secondary N) is 1. The predicted molar refractivity (Wildman–Crippen MR) is 103 cm³/mol. The quantitative estimate of drug-likeness (QED) is 0.312. The maximum Gasteiger partial charge on any atom is 0.277 e. The Morgan fingerprint density at radius 2 is 2.17 bits per heavy atom. The molecule has 0 aliphatic heterocycles. The number of nitroso groups, excluding NO2 is 1. The van der Waals surface area contributed by atoms with E-state index in [4.69, 9.17) is 9.94 Å². The second kappa shape index (κ2) is 8.59. The van der Waals surface area contributed by atoms with Gasteiger partial charge in [0.15, 0.2) is 5.82 Å². The van der Waals surface area contributed by atoms with Gasteiger partial charge in [0.05, 0.1) is 35.9 Å². The van der Waals surface area contributed by atoms with Gasteiger partial charge in [-0.15, -0.1) is 4.91 Å². The number of hydrogen-bond acceptors (Lipinski definition) is 6. The number of aromatic nitrogens is 2. The van der Waals surface area contributed by atoms with E-state index in [1.165, 1.54) is 29.1 Å². The molecule has 0 spiro atoms. The van der Waals surface area contributed by atoms with Gasteiger partial charge in [-0.25, -0.2) is 19.2 Å². The van der Waals surface area contributed by atoms with Gasteiger partial charge in [-0.05, 0) is 24.3 Å². The van der Waals surface area contributed by atoms with Gasteiger partial charge in [0.2, 0.25) is 0 Å². The van der Waals surface area contributed by atoms with Crippen LogP contribution >= 0.6 is 15.9 Å². The summed E-state index contributed by atoms with van der Waals surface area (Å²) in [5.41, 5.74) is 0.824. The number of nitrogens with zero attached hydrogens (tertiary/aromatic N) is 4.